The molecule has 2 heterocycles. The Morgan fingerprint density at radius 3 is 2.89 bits per heavy atom. The Balaban J connectivity index is 1.84. The summed E-state index contributed by atoms with van der Waals surface area (Å²) in [4.78, 5) is 5.38. The highest BCUT2D eigenvalue weighted by atomic mass is 79.9. The monoisotopic (exact) mass is 337 g/mol. The average molecular weight is 338 g/mol. The molecule has 98 valence electrons. The summed E-state index contributed by atoms with van der Waals surface area (Å²) in [5.74, 6) is 0.677. The normalized spacial score (nSPS) is 10.8. The largest absolute Gasteiger partial charge is 0.480 e. The highest BCUT2D eigenvalue weighted by Gasteiger charge is 2.13. The molecular weight excluding hydrogens is 326 g/mol. The molecule has 3 rings (SSSR count). The van der Waals surface area contributed by atoms with Gasteiger partial charge >= 0.3 is 0 Å². The molecule has 2 aromatic heterocycles. The predicted molar refractivity (Wildman–Crippen MR) is 81.1 cm³/mol. The summed E-state index contributed by atoms with van der Waals surface area (Å²) in [6.45, 7) is 0.669. The minimum Gasteiger partial charge on any atom is -0.480 e. The van der Waals surface area contributed by atoms with E-state index in [1.54, 1.807) is 18.4 Å². The maximum atomic E-state index is 5.32. The molecule has 0 saturated carbocycles. The van der Waals surface area contributed by atoms with E-state index in [9.17, 15) is 0 Å². The van der Waals surface area contributed by atoms with Gasteiger partial charge in [0.05, 0.1) is 13.7 Å². The lowest BCUT2D eigenvalue weighted by molar-refractivity contribution is 0.395. The van der Waals surface area contributed by atoms with Gasteiger partial charge in [0.25, 0.3) is 0 Å². The van der Waals surface area contributed by atoms with Gasteiger partial charge in [0.15, 0.2) is 4.96 Å². The predicted octanol–water partition coefficient (Wildman–Crippen LogP) is 3.78. The molecule has 6 heteroatoms. The van der Waals surface area contributed by atoms with Gasteiger partial charge in [-0.3, -0.25) is 4.40 Å². The first-order valence-electron chi connectivity index (χ1n) is 5.76. The van der Waals surface area contributed by atoms with Crippen LogP contribution in [0.2, 0.25) is 0 Å². The molecule has 4 nitrogen and oxygen atoms in total. The Kier molecular flexibility index (Phi) is 3.44. The molecule has 0 radical (unpaired) electrons. The summed E-state index contributed by atoms with van der Waals surface area (Å²) in [5, 5.41) is 5.39. The number of nitrogens with zero attached hydrogens (tertiary/aromatic N) is 2. The van der Waals surface area contributed by atoms with Crippen molar-refractivity contribution in [1.82, 2.24) is 9.38 Å². The second-order valence-corrected chi connectivity index (χ2v) is 5.77. The van der Waals surface area contributed by atoms with Crippen LogP contribution in [0.3, 0.4) is 0 Å². The highest BCUT2D eigenvalue weighted by Crippen LogP contribution is 2.24. The van der Waals surface area contributed by atoms with Crippen LogP contribution in [0.1, 0.15) is 5.69 Å². The van der Waals surface area contributed by atoms with Crippen molar-refractivity contribution in [1.29, 1.82) is 0 Å². The van der Waals surface area contributed by atoms with Gasteiger partial charge < -0.3 is 10.1 Å². The number of hydrogen-bond acceptors (Lipinski definition) is 4. The first-order chi connectivity index (χ1) is 9.28. The molecule has 0 atom stereocenters. The van der Waals surface area contributed by atoms with Crippen molar-refractivity contribution in [3.8, 4) is 5.88 Å². The lowest BCUT2D eigenvalue weighted by atomic mass is 10.3. The van der Waals surface area contributed by atoms with Crippen molar-refractivity contribution >= 4 is 37.9 Å². The number of imidazole rings is 1. The number of halogens is 1. The van der Waals surface area contributed by atoms with Crippen LogP contribution in [0, 0.1) is 0 Å². The van der Waals surface area contributed by atoms with E-state index in [0.29, 0.717) is 12.4 Å². The van der Waals surface area contributed by atoms with E-state index in [0.717, 1.165) is 20.8 Å². The van der Waals surface area contributed by atoms with Crippen LogP contribution in [0.25, 0.3) is 4.96 Å². The van der Waals surface area contributed by atoms with Gasteiger partial charge in [0.2, 0.25) is 5.88 Å². The standard InChI is InChI=1S/C13H12BrN3OS/c1-18-12-11(17-6-7-19-13(17)16-12)8-15-10-4-2-9(14)3-5-10/h2-7,15H,8H2,1H3. The fourth-order valence-electron chi connectivity index (χ4n) is 1.89. The first kappa shape index (κ1) is 12.5. The smallest absolute Gasteiger partial charge is 0.238 e. The number of thiazole rings is 1. The lowest BCUT2D eigenvalue weighted by Crippen LogP contribution is -2.03. The van der Waals surface area contributed by atoms with Crippen LogP contribution in [0.5, 0.6) is 5.88 Å². The van der Waals surface area contributed by atoms with Gasteiger partial charge in [-0.2, -0.15) is 4.98 Å². The third-order valence-electron chi connectivity index (χ3n) is 2.82. The molecule has 0 spiro atoms. The van der Waals surface area contributed by atoms with Gasteiger partial charge in [0.1, 0.15) is 5.69 Å². The van der Waals surface area contributed by atoms with Crippen LogP contribution < -0.4 is 10.1 Å². The zero-order chi connectivity index (χ0) is 13.2. The minimum atomic E-state index is 0.669. The van der Waals surface area contributed by atoms with Crippen LogP contribution in [0.15, 0.2) is 40.3 Å². The van der Waals surface area contributed by atoms with E-state index >= 15 is 0 Å². The van der Waals surface area contributed by atoms with Crippen molar-refractivity contribution in [2.24, 2.45) is 0 Å². The Morgan fingerprint density at radius 2 is 2.16 bits per heavy atom. The Bertz CT molecular complexity index is 690. The van der Waals surface area contributed by atoms with Gasteiger partial charge in [-0.15, -0.1) is 11.3 Å². The fraction of sp³-hybridized carbons (Fsp3) is 0.154. The number of benzene rings is 1. The van der Waals surface area contributed by atoms with E-state index in [-0.39, 0.29) is 0 Å². The van der Waals surface area contributed by atoms with Crippen molar-refractivity contribution in [3.05, 3.63) is 46.0 Å². The third kappa shape index (κ3) is 2.46. The number of rotatable bonds is 4. The molecule has 1 N–H and O–H groups in total. The van der Waals surface area contributed by atoms with Crippen molar-refractivity contribution in [2.45, 2.75) is 6.54 Å². The number of nitrogens with one attached hydrogen (secondary N) is 1. The van der Waals surface area contributed by atoms with E-state index in [1.807, 2.05) is 35.8 Å². The number of aromatic nitrogens is 2. The Morgan fingerprint density at radius 1 is 1.37 bits per heavy atom. The molecule has 1 aromatic carbocycles. The van der Waals surface area contributed by atoms with E-state index in [2.05, 4.69) is 30.6 Å². The van der Waals surface area contributed by atoms with Gasteiger partial charge in [-0.05, 0) is 24.3 Å². The minimum absolute atomic E-state index is 0.669. The van der Waals surface area contributed by atoms with Crippen molar-refractivity contribution in [2.75, 3.05) is 12.4 Å². The number of anilines is 1. The maximum Gasteiger partial charge on any atom is 0.238 e. The van der Waals surface area contributed by atoms with Gasteiger partial charge in [-0.1, -0.05) is 15.9 Å². The van der Waals surface area contributed by atoms with E-state index in [4.69, 9.17) is 4.74 Å². The molecule has 3 aromatic rings. The molecule has 19 heavy (non-hydrogen) atoms. The second kappa shape index (κ2) is 5.22. The van der Waals surface area contributed by atoms with Gasteiger partial charge in [0, 0.05) is 21.7 Å². The summed E-state index contributed by atoms with van der Waals surface area (Å²) in [5.41, 5.74) is 2.09. The lowest BCUT2D eigenvalue weighted by Gasteiger charge is -2.07. The molecule has 0 aliphatic heterocycles. The molecule has 0 aliphatic carbocycles. The van der Waals surface area contributed by atoms with E-state index < -0.39 is 0 Å². The molecular formula is C13H12BrN3OS. The van der Waals surface area contributed by atoms with Crippen LogP contribution in [0.4, 0.5) is 5.69 Å². The number of ether oxygens (including phenoxy) is 1. The maximum absolute atomic E-state index is 5.32. The van der Waals surface area contributed by atoms with Crippen LogP contribution in [-0.4, -0.2) is 16.5 Å². The zero-order valence-electron chi connectivity index (χ0n) is 10.3. The Labute approximate surface area is 123 Å². The topological polar surface area (TPSA) is 38.6 Å². The molecule has 0 bridgehead atoms. The molecule has 0 saturated heterocycles. The number of fused-ring (bicyclic) bond motifs is 1. The molecule has 0 fully saturated rings. The van der Waals surface area contributed by atoms with Crippen LogP contribution in [-0.2, 0) is 6.54 Å². The second-order valence-electron chi connectivity index (χ2n) is 3.98. The highest BCUT2D eigenvalue weighted by molar-refractivity contribution is 9.10. The number of hydrogen-bond donors (Lipinski definition) is 1. The fourth-order valence-corrected chi connectivity index (χ4v) is 2.88. The first-order valence-corrected chi connectivity index (χ1v) is 7.43. The summed E-state index contributed by atoms with van der Waals surface area (Å²) in [6.07, 6.45) is 2.01. The SMILES string of the molecule is COc1nc2sccn2c1CNc1ccc(Br)cc1. The summed E-state index contributed by atoms with van der Waals surface area (Å²) < 4.78 is 8.44. The Hall–Kier alpha value is -1.53. The molecule has 0 amide bonds. The molecule has 0 aliphatic rings. The summed E-state index contributed by atoms with van der Waals surface area (Å²) >= 11 is 5.02. The number of methoxy groups -OCH3 is 1. The van der Waals surface area contributed by atoms with Crippen molar-refractivity contribution < 1.29 is 4.74 Å². The van der Waals surface area contributed by atoms with Crippen molar-refractivity contribution in [3.63, 3.8) is 0 Å². The quantitative estimate of drug-likeness (QED) is 0.787. The van der Waals surface area contributed by atoms with Gasteiger partial charge in [-0.25, -0.2) is 0 Å². The zero-order valence-corrected chi connectivity index (χ0v) is 12.7. The summed E-state index contributed by atoms with van der Waals surface area (Å²) in [6, 6.07) is 8.08. The van der Waals surface area contributed by atoms with E-state index in [1.165, 1.54) is 0 Å². The van der Waals surface area contributed by atoms with Crippen LogP contribution >= 0.6 is 27.3 Å². The molecule has 0 unspecified atom stereocenters. The third-order valence-corrected chi connectivity index (χ3v) is 4.11. The summed E-state index contributed by atoms with van der Waals surface area (Å²) in [7, 11) is 1.65. The average Bonchev–Trinajstić information content (AvgIpc) is 2.99.